The number of alkyl halides is 3. The second-order valence-electron chi connectivity index (χ2n) is 8.74. The van der Waals surface area contributed by atoms with Crippen molar-refractivity contribution < 1.29 is 32.3 Å². The Morgan fingerprint density at radius 3 is 2.46 bits per heavy atom. The fourth-order valence-electron chi connectivity index (χ4n) is 3.99. The highest BCUT2D eigenvalue weighted by Crippen LogP contribution is 2.35. The van der Waals surface area contributed by atoms with Gasteiger partial charge < -0.3 is 20.7 Å². The number of ether oxygens (including phenoxy) is 1. The zero-order valence-electron chi connectivity index (χ0n) is 20.9. The van der Waals surface area contributed by atoms with Gasteiger partial charge in [-0.2, -0.15) is 13.2 Å². The molecule has 11 heteroatoms. The maximum Gasteiger partial charge on any atom is 0.418 e. The van der Waals surface area contributed by atoms with E-state index in [9.17, 15) is 27.6 Å². The number of hydrogen-bond acceptors (Lipinski definition) is 4. The quantitative estimate of drug-likeness (QED) is 0.389. The van der Waals surface area contributed by atoms with Crippen molar-refractivity contribution >= 4 is 29.4 Å². The summed E-state index contributed by atoms with van der Waals surface area (Å²) >= 11 is 0. The van der Waals surface area contributed by atoms with E-state index in [0.717, 1.165) is 12.1 Å². The van der Waals surface area contributed by atoms with Crippen molar-refractivity contribution in [2.24, 2.45) is 0 Å². The van der Waals surface area contributed by atoms with Crippen LogP contribution < -0.4 is 16.0 Å². The lowest BCUT2D eigenvalue weighted by molar-refractivity contribution is -0.143. The van der Waals surface area contributed by atoms with E-state index in [0.29, 0.717) is 24.2 Å². The molecule has 1 aliphatic rings. The predicted molar refractivity (Wildman–Crippen MR) is 133 cm³/mol. The molecule has 3 N–H and O–H groups in total. The lowest BCUT2D eigenvalue weighted by Crippen LogP contribution is -2.48. The molecule has 2 aromatic carbocycles. The Morgan fingerprint density at radius 1 is 1.11 bits per heavy atom. The van der Waals surface area contributed by atoms with Crippen LogP contribution in [0.25, 0.3) is 0 Å². The van der Waals surface area contributed by atoms with E-state index in [1.807, 2.05) is 6.92 Å². The normalized spacial score (nSPS) is 15.9. The van der Waals surface area contributed by atoms with Gasteiger partial charge in [-0.1, -0.05) is 31.2 Å². The second-order valence-corrected chi connectivity index (χ2v) is 8.74. The van der Waals surface area contributed by atoms with Gasteiger partial charge in [0.05, 0.1) is 29.0 Å². The lowest BCUT2D eigenvalue weighted by atomic mass is 9.94. The molecule has 198 valence electrons. The fraction of sp³-hybridized carbons (Fsp3) is 0.346. The van der Waals surface area contributed by atoms with Crippen molar-refractivity contribution in [2.45, 2.75) is 52.4 Å². The summed E-state index contributed by atoms with van der Waals surface area (Å²) in [6, 6.07) is 8.84. The van der Waals surface area contributed by atoms with Crippen LogP contribution in [0.1, 0.15) is 51.3 Å². The van der Waals surface area contributed by atoms with Crippen LogP contribution in [-0.4, -0.2) is 35.6 Å². The molecule has 0 aliphatic carbocycles. The van der Waals surface area contributed by atoms with Crippen LogP contribution in [0.15, 0.2) is 59.8 Å². The smallest absolute Gasteiger partial charge is 0.418 e. The Hall–Kier alpha value is -4.02. The molecule has 37 heavy (non-hydrogen) atoms. The Bertz CT molecular complexity index is 1210. The summed E-state index contributed by atoms with van der Waals surface area (Å²) in [5.74, 6) is -0.585. The summed E-state index contributed by atoms with van der Waals surface area (Å²) in [6.45, 7) is 7.42. The van der Waals surface area contributed by atoms with Crippen molar-refractivity contribution in [1.82, 2.24) is 10.2 Å². The van der Waals surface area contributed by atoms with Gasteiger partial charge in [0.25, 0.3) is 0 Å². The average molecular weight is 519 g/mol. The second kappa shape index (κ2) is 11.4. The van der Waals surface area contributed by atoms with Gasteiger partial charge in [-0.3, -0.25) is 4.90 Å². The maximum atomic E-state index is 13.3. The van der Waals surface area contributed by atoms with Crippen LogP contribution in [0.3, 0.4) is 0 Å². The van der Waals surface area contributed by atoms with Crippen LogP contribution in [0.4, 0.5) is 34.1 Å². The van der Waals surface area contributed by atoms with Crippen molar-refractivity contribution in [3.63, 3.8) is 0 Å². The Morgan fingerprint density at radius 2 is 1.81 bits per heavy atom. The number of urea groups is 2. The van der Waals surface area contributed by atoms with Crippen molar-refractivity contribution in [3.8, 4) is 0 Å². The minimum absolute atomic E-state index is 0.249. The molecule has 0 saturated carbocycles. The number of nitrogens with zero attached hydrogens (tertiary/aromatic N) is 1. The molecule has 0 aromatic heterocycles. The van der Waals surface area contributed by atoms with E-state index in [1.165, 1.54) is 29.2 Å². The van der Waals surface area contributed by atoms with Gasteiger partial charge in [0.1, 0.15) is 0 Å². The summed E-state index contributed by atoms with van der Waals surface area (Å²) in [7, 11) is 0. The minimum atomic E-state index is -4.64. The van der Waals surface area contributed by atoms with Crippen molar-refractivity contribution in [1.29, 1.82) is 0 Å². The van der Waals surface area contributed by atoms with Crippen molar-refractivity contribution in [2.75, 3.05) is 17.2 Å². The van der Waals surface area contributed by atoms with Crippen molar-refractivity contribution in [3.05, 3.63) is 70.9 Å². The topological polar surface area (TPSA) is 99.8 Å². The number of halogens is 3. The Balaban J connectivity index is 1.89. The molecule has 1 heterocycles. The number of allylic oxidation sites excluding steroid dienone is 1. The van der Waals surface area contributed by atoms with Gasteiger partial charge in [0, 0.05) is 17.9 Å². The van der Waals surface area contributed by atoms with E-state index in [-0.39, 0.29) is 23.4 Å². The number of amides is 4. The number of benzene rings is 2. The first-order valence-corrected chi connectivity index (χ1v) is 11.8. The molecule has 0 saturated heterocycles. The summed E-state index contributed by atoms with van der Waals surface area (Å²) in [6.07, 6.45) is -4.35. The number of hydrogen-bond donors (Lipinski definition) is 3. The maximum absolute atomic E-state index is 13.3. The zero-order chi connectivity index (χ0) is 27.3. The molecule has 0 spiro atoms. The van der Waals surface area contributed by atoms with Gasteiger partial charge in [0.2, 0.25) is 0 Å². The van der Waals surface area contributed by atoms with E-state index >= 15 is 0 Å². The van der Waals surface area contributed by atoms with Crippen LogP contribution in [0.5, 0.6) is 0 Å². The zero-order valence-corrected chi connectivity index (χ0v) is 20.9. The van der Waals surface area contributed by atoms with Gasteiger partial charge in [0.15, 0.2) is 0 Å². The van der Waals surface area contributed by atoms with Gasteiger partial charge in [-0.25, -0.2) is 14.4 Å². The number of rotatable bonds is 7. The number of para-hydroxylation sites is 1. The van der Waals surface area contributed by atoms with E-state index in [2.05, 4.69) is 16.0 Å². The molecule has 4 amide bonds. The fourth-order valence-corrected chi connectivity index (χ4v) is 3.99. The summed E-state index contributed by atoms with van der Waals surface area (Å²) in [5, 5.41) is 7.54. The molecule has 0 fully saturated rings. The molecule has 1 unspecified atom stereocenters. The average Bonchev–Trinajstić information content (AvgIpc) is 2.80. The van der Waals surface area contributed by atoms with E-state index in [1.54, 1.807) is 32.9 Å². The number of esters is 1. The Kier molecular flexibility index (Phi) is 8.46. The molecule has 3 rings (SSSR count). The third-order valence-electron chi connectivity index (χ3n) is 5.56. The molecular weight excluding hydrogens is 489 g/mol. The lowest BCUT2D eigenvalue weighted by Gasteiger charge is -2.35. The first-order valence-electron chi connectivity index (χ1n) is 11.8. The summed E-state index contributed by atoms with van der Waals surface area (Å²) < 4.78 is 45.2. The van der Waals surface area contributed by atoms with Gasteiger partial charge >= 0.3 is 24.2 Å². The summed E-state index contributed by atoms with van der Waals surface area (Å²) in [4.78, 5) is 39.8. The number of nitrogens with one attached hydrogen (secondary N) is 3. The minimum Gasteiger partial charge on any atom is -0.459 e. The summed E-state index contributed by atoms with van der Waals surface area (Å²) in [5.41, 5.74) is 0.0708. The monoisotopic (exact) mass is 518 g/mol. The first-order chi connectivity index (χ1) is 17.4. The van der Waals surface area contributed by atoms with E-state index in [4.69, 9.17) is 4.74 Å². The molecule has 2 aromatic rings. The first kappa shape index (κ1) is 27.6. The van der Waals surface area contributed by atoms with Crippen LogP contribution in [0.2, 0.25) is 0 Å². The predicted octanol–water partition coefficient (Wildman–Crippen LogP) is 6.05. The molecule has 1 aliphatic heterocycles. The third-order valence-corrected chi connectivity index (χ3v) is 5.56. The molecule has 0 bridgehead atoms. The van der Waals surface area contributed by atoms with Crippen LogP contribution in [-0.2, 0) is 15.7 Å². The van der Waals surface area contributed by atoms with Crippen LogP contribution in [0, 0.1) is 0 Å². The third kappa shape index (κ3) is 6.60. The van der Waals surface area contributed by atoms with Gasteiger partial charge in [-0.05, 0) is 57.0 Å². The molecule has 8 nitrogen and oxygen atoms in total. The van der Waals surface area contributed by atoms with Gasteiger partial charge in [-0.15, -0.1) is 0 Å². The standard InChI is InChI=1S/C26H29F3N4O4/c1-5-13-33-16(4)21(23(34)37-15(2)3)22(32-25(33)36)17-9-8-10-18(14-17)30-24(35)31-20-12-7-6-11-19(20)26(27,28)29/h6-12,14-15,22H,5,13H2,1-4H3,(H,32,36)(H2,30,31,35). The highest BCUT2D eigenvalue weighted by molar-refractivity contribution is 6.00. The SMILES string of the molecule is CCCN1C(=O)NC(c2cccc(NC(=O)Nc3ccccc3C(F)(F)F)c2)C(C(=O)OC(C)C)=C1C. The highest BCUT2D eigenvalue weighted by Gasteiger charge is 2.37. The molecule has 0 radical (unpaired) electrons. The van der Waals surface area contributed by atoms with E-state index < -0.39 is 35.5 Å². The number of carbonyl (C=O) groups is 3. The Labute approximate surface area is 212 Å². The number of carbonyl (C=O) groups excluding carboxylic acids is 3. The van der Waals surface area contributed by atoms with Crippen LogP contribution >= 0.6 is 0 Å². The molecule has 1 atom stereocenters. The largest absolute Gasteiger partial charge is 0.459 e. The highest BCUT2D eigenvalue weighted by atomic mass is 19.4. The number of anilines is 2. The molecular formula is C26H29F3N4O4.